The van der Waals surface area contributed by atoms with E-state index in [0.29, 0.717) is 12.2 Å². The van der Waals surface area contributed by atoms with Gasteiger partial charge >= 0.3 is 0 Å². The van der Waals surface area contributed by atoms with Crippen molar-refractivity contribution in [2.45, 2.75) is 103 Å². The topological polar surface area (TPSA) is 18.5 Å². The van der Waals surface area contributed by atoms with Crippen molar-refractivity contribution in [1.29, 1.82) is 0 Å². The lowest BCUT2D eigenvalue weighted by Crippen LogP contribution is -2.41. The molecule has 3 aliphatic carbocycles. The summed E-state index contributed by atoms with van der Waals surface area (Å²) in [6.45, 7) is 6.22. The summed E-state index contributed by atoms with van der Waals surface area (Å²) in [6.07, 6.45) is 17.2. The minimum Gasteiger partial charge on any atom is -0.373 e. The lowest BCUT2D eigenvalue weighted by Gasteiger charge is -2.38. The highest BCUT2D eigenvalue weighted by Gasteiger charge is 2.31. The molecule has 0 bridgehead atoms. The maximum absolute atomic E-state index is 6.15. The van der Waals surface area contributed by atoms with Crippen LogP contribution in [0.15, 0.2) is 24.3 Å². The molecule has 1 heterocycles. The zero-order valence-corrected chi connectivity index (χ0v) is 18.3. The van der Waals surface area contributed by atoms with E-state index in [2.05, 4.69) is 38.1 Å². The molecule has 2 heteroatoms. The molecule has 0 aromatic carbocycles. The number of hydrogen-bond donors (Lipinski definition) is 0. The van der Waals surface area contributed by atoms with Crippen LogP contribution in [-0.4, -0.2) is 25.4 Å². The van der Waals surface area contributed by atoms with Gasteiger partial charge in [-0.2, -0.15) is 0 Å². The fourth-order valence-corrected chi connectivity index (χ4v) is 4.80. The third-order valence-corrected chi connectivity index (χ3v) is 6.97. The van der Waals surface area contributed by atoms with Gasteiger partial charge in [0, 0.05) is 0 Å². The van der Waals surface area contributed by atoms with Crippen molar-refractivity contribution in [2.24, 2.45) is 11.8 Å². The van der Waals surface area contributed by atoms with Crippen molar-refractivity contribution in [1.82, 2.24) is 0 Å². The van der Waals surface area contributed by atoms with Crippen LogP contribution in [0.4, 0.5) is 0 Å². The smallest absolute Gasteiger partial charge is 0.0838 e. The first-order valence-corrected chi connectivity index (χ1v) is 12.1. The van der Waals surface area contributed by atoms with E-state index >= 15 is 0 Å². The van der Waals surface area contributed by atoms with E-state index in [1.54, 1.807) is 0 Å². The van der Waals surface area contributed by atoms with Gasteiger partial charge in [0.05, 0.1) is 25.4 Å². The fourth-order valence-electron chi connectivity index (χ4n) is 4.80. The normalized spacial score (nSPS) is 28.4. The van der Waals surface area contributed by atoms with Crippen LogP contribution in [0.2, 0.25) is 0 Å². The number of rotatable bonds is 9. The summed E-state index contributed by atoms with van der Waals surface area (Å²) in [6, 6.07) is 8.48. The highest BCUT2D eigenvalue weighted by Crippen LogP contribution is 2.35. The maximum Gasteiger partial charge on any atom is 0.0838 e. The first-order valence-electron chi connectivity index (χ1n) is 12.1. The molecular formula is C26H42O2. The largest absolute Gasteiger partial charge is 0.373 e. The summed E-state index contributed by atoms with van der Waals surface area (Å²) >= 11 is 0. The summed E-state index contributed by atoms with van der Waals surface area (Å²) in [7, 11) is 0. The van der Waals surface area contributed by atoms with Crippen LogP contribution in [0.1, 0.15) is 90.9 Å². The van der Waals surface area contributed by atoms with Crippen molar-refractivity contribution < 1.29 is 9.47 Å². The summed E-state index contributed by atoms with van der Waals surface area (Å²) in [4.78, 5) is 0. The molecule has 1 saturated carbocycles. The van der Waals surface area contributed by atoms with Crippen molar-refractivity contribution in [2.75, 3.05) is 13.2 Å². The van der Waals surface area contributed by atoms with Crippen LogP contribution < -0.4 is 0 Å². The second kappa shape index (κ2) is 12.0. The molecule has 0 spiro atoms. The molecular weight excluding hydrogens is 344 g/mol. The standard InChI is InChI=1S/C20H38O2.C6H4/c1-3-5-7-8-9-17-11-13-18(14-12-17)20-16-21-19(15-22-20)10-6-4-2;1-2-6-4-3-5(1)6/h17-20H,3-16H2,1-2H3;1-4H. The maximum atomic E-state index is 6.15. The molecule has 2 atom stereocenters. The highest BCUT2D eigenvalue weighted by molar-refractivity contribution is 5.22. The van der Waals surface area contributed by atoms with Gasteiger partial charge in [-0.15, -0.1) is 0 Å². The molecule has 1 aliphatic heterocycles. The molecule has 0 aromatic rings. The predicted molar refractivity (Wildman–Crippen MR) is 117 cm³/mol. The minimum absolute atomic E-state index is 0.367. The Balaban J connectivity index is 0.000000311. The van der Waals surface area contributed by atoms with Crippen molar-refractivity contribution in [3.05, 3.63) is 34.7 Å². The Bertz CT molecular complexity index is 574. The summed E-state index contributed by atoms with van der Waals surface area (Å²) in [5.41, 5.74) is 0. The molecule has 0 amide bonds. The zero-order valence-electron chi connectivity index (χ0n) is 18.3. The van der Waals surface area contributed by atoms with Gasteiger partial charge in [-0.25, -0.2) is 0 Å². The number of benzene rings is 1. The third-order valence-electron chi connectivity index (χ3n) is 6.97. The third kappa shape index (κ3) is 6.59. The molecule has 0 radical (unpaired) electrons. The molecule has 28 heavy (non-hydrogen) atoms. The lowest BCUT2D eigenvalue weighted by atomic mass is 9.77. The molecule has 2 unspecified atom stereocenters. The van der Waals surface area contributed by atoms with Gasteiger partial charge in [-0.05, 0) is 41.5 Å². The Kier molecular flexibility index (Phi) is 9.34. The Morgan fingerprint density at radius 2 is 1.39 bits per heavy atom. The Hall–Kier alpha value is -0.860. The monoisotopic (exact) mass is 386 g/mol. The van der Waals surface area contributed by atoms with E-state index in [1.165, 1.54) is 87.5 Å². The van der Waals surface area contributed by atoms with Crippen molar-refractivity contribution in [3.8, 4) is 0 Å². The van der Waals surface area contributed by atoms with E-state index in [4.69, 9.17) is 9.47 Å². The van der Waals surface area contributed by atoms with Crippen LogP contribution in [0.25, 0.3) is 0 Å². The molecule has 0 N–H and O–H groups in total. The molecule has 2 nitrogen and oxygen atoms in total. The van der Waals surface area contributed by atoms with Crippen molar-refractivity contribution in [3.63, 3.8) is 0 Å². The van der Waals surface area contributed by atoms with Gasteiger partial charge in [0.1, 0.15) is 0 Å². The second-order valence-corrected chi connectivity index (χ2v) is 9.18. The summed E-state index contributed by atoms with van der Waals surface area (Å²) in [5.74, 6) is 1.76. The number of hydrogen-bond acceptors (Lipinski definition) is 2. The van der Waals surface area contributed by atoms with Crippen LogP contribution in [0.5, 0.6) is 0 Å². The first kappa shape index (κ1) is 21.8. The number of unbranched alkanes of at least 4 members (excludes halogenated alkanes) is 4. The molecule has 4 rings (SSSR count). The molecule has 4 aliphatic rings. The first-order chi connectivity index (χ1) is 13.8. The quantitative estimate of drug-likeness (QED) is 0.431. The van der Waals surface area contributed by atoms with E-state index in [1.807, 2.05) is 0 Å². The summed E-state index contributed by atoms with van der Waals surface area (Å²) < 4.78 is 12.2. The Labute approximate surface area is 172 Å². The number of ether oxygens (including phenoxy) is 2. The van der Waals surface area contributed by atoms with Crippen LogP contribution in [0.3, 0.4) is 0 Å². The molecule has 1 saturated heterocycles. The SMILES string of the molecule is CCCCCCC1CCC(C2COC(CCCC)CO2)CC1.c1cc2ccc1=2. The van der Waals surface area contributed by atoms with Gasteiger partial charge in [-0.3, -0.25) is 0 Å². The van der Waals surface area contributed by atoms with E-state index < -0.39 is 0 Å². The van der Waals surface area contributed by atoms with Gasteiger partial charge in [0.2, 0.25) is 0 Å². The van der Waals surface area contributed by atoms with Crippen LogP contribution in [0, 0.1) is 22.3 Å². The molecule has 2 fully saturated rings. The van der Waals surface area contributed by atoms with E-state index in [9.17, 15) is 0 Å². The van der Waals surface area contributed by atoms with Crippen molar-refractivity contribution >= 4 is 0 Å². The summed E-state index contributed by atoms with van der Waals surface area (Å²) in [5, 5.41) is 2.85. The second-order valence-electron chi connectivity index (χ2n) is 9.18. The molecule has 158 valence electrons. The minimum atomic E-state index is 0.367. The van der Waals surface area contributed by atoms with Gasteiger partial charge in [0.25, 0.3) is 0 Å². The van der Waals surface area contributed by atoms with Gasteiger partial charge < -0.3 is 9.47 Å². The van der Waals surface area contributed by atoms with Crippen LogP contribution in [-0.2, 0) is 9.47 Å². The average Bonchev–Trinajstić information content (AvgIpc) is 2.73. The van der Waals surface area contributed by atoms with E-state index in [-0.39, 0.29) is 0 Å². The molecule has 0 aromatic heterocycles. The highest BCUT2D eigenvalue weighted by atomic mass is 16.6. The Morgan fingerprint density at radius 3 is 1.89 bits per heavy atom. The fraction of sp³-hybridized carbons (Fsp3) is 0.769. The average molecular weight is 387 g/mol. The van der Waals surface area contributed by atoms with E-state index in [0.717, 1.165) is 25.0 Å². The lowest BCUT2D eigenvalue weighted by molar-refractivity contribution is -0.157. The Morgan fingerprint density at radius 1 is 0.714 bits per heavy atom. The zero-order chi connectivity index (χ0) is 19.6. The predicted octanol–water partition coefficient (Wildman–Crippen LogP) is 7.02. The van der Waals surface area contributed by atoms with Gasteiger partial charge in [0.15, 0.2) is 0 Å². The van der Waals surface area contributed by atoms with Gasteiger partial charge in [-0.1, -0.05) is 95.9 Å². The van der Waals surface area contributed by atoms with Crippen LogP contribution >= 0.6 is 0 Å².